The number of nitrogens with zero attached hydrogens (tertiary/aromatic N) is 1. The van der Waals surface area contributed by atoms with Crippen LogP contribution < -0.4 is 5.32 Å². The third-order valence-corrected chi connectivity index (χ3v) is 4.80. The third kappa shape index (κ3) is 2.03. The summed E-state index contributed by atoms with van der Waals surface area (Å²) in [6.07, 6.45) is -2.74. The Balaban J connectivity index is 1.90. The zero-order chi connectivity index (χ0) is 16.4. The molecule has 2 aliphatic heterocycles. The standard InChI is InChI=1S/C16H15F3N2O2/c17-16(18,19)9-2-1-3-10(6-9)21-14(22)12-8-4-5-11(20-7-8)13(12)15(21)23/h1-3,6,8,11,20,22-23H,4-5,7H2. The minimum absolute atomic E-state index is 0.0621. The number of hydrogen-bond donors (Lipinski definition) is 3. The van der Waals surface area contributed by atoms with E-state index >= 15 is 0 Å². The molecular formula is C16H15F3N2O2. The Bertz CT molecular complexity index is 739. The van der Waals surface area contributed by atoms with Crippen LogP contribution >= 0.6 is 0 Å². The van der Waals surface area contributed by atoms with Crippen molar-refractivity contribution in [1.29, 1.82) is 0 Å². The van der Waals surface area contributed by atoms with Gasteiger partial charge >= 0.3 is 6.18 Å². The molecule has 1 fully saturated rings. The molecule has 3 N–H and O–H groups in total. The van der Waals surface area contributed by atoms with Crippen LogP contribution in [0.25, 0.3) is 5.69 Å². The molecule has 4 nitrogen and oxygen atoms in total. The number of aromatic nitrogens is 1. The van der Waals surface area contributed by atoms with Crippen LogP contribution in [-0.2, 0) is 6.18 Å². The van der Waals surface area contributed by atoms with Gasteiger partial charge in [-0.1, -0.05) is 6.07 Å². The number of rotatable bonds is 1. The first kappa shape index (κ1) is 14.4. The van der Waals surface area contributed by atoms with Crippen LogP contribution in [0.15, 0.2) is 24.3 Å². The van der Waals surface area contributed by atoms with Crippen LogP contribution in [0.1, 0.15) is 41.5 Å². The summed E-state index contributed by atoms with van der Waals surface area (Å²) in [6, 6.07) is 4.54. The molecule has 1 aromatic carbocycles. The Labute approximate surface area is 130 Å². The number of aromatic hydroxyl groups is 2. The smallest absolute Gasteiger partial charge is 0.416 e. The van der Waals surface area contributed by atoms with Gasteiger partial charge in [-0.2, -0.15) is 13.2 Å². The fourth-order valence-corrected chi connectivity index (χ4v) is 3.74. The fourth-order valence-electron chi connectivity index (χ4n) is 3.74. The van der Waals surface area contributed by atoms with Crippen molar-refractivity contribution in [3.63, 3.8) is 0 Å². The molecule has 1 aromatic heterocycles. The molecule has 1 aliphatic carbocycles. The maximum Gasteiger partial charge on any atom is 0.416 e. The summed E-state index contributed by atoms with van der Waals surface area (Å²) in [4.78, 5) is 0. The van der Waals surface area contributed by atoms with Gasteiger partial charge in [0.15, 0.2) is 0 Å². The average Bonchev–Trinajstić information content (AvgIpc) is 2.81. The van der Waals surface area contributed by atoms with Crippen molar-refractivity contribution in [3.8, 4) is 17.4 Å². The highest BCUT2D eigenvalue weighted by Gasteiger charge is 2.41. The number of hydrogen-bond acceptors (Lipinski definition) is 3. The first-order chi connectivity index (χ1) is 10.9. The lowest BCUT2D eigenvalue weighted by Crippen LogP contribution is -2.37. The first-order valence-electron chi connectivity index (χ1n) is 7.45. The summed E-state index contributed by atoms with van der Waals surface area (Å²) >= 11 is 0. The predicted octanol–water partition coefficient (Wildman–Crippen LogP) is 3.43. The molecule has 0 spiro atoms. The molecule has 0 amide bonds. The number of piperidine rings is 1. The molecule has 2 aromatic rings. The van der Waals surface area contributed by atoms with E-state index in [0.717, 1.165) is 29.5 Å². The molecular weight excluding hydrogens is 309 g/mol. The van der Waals surface area contributed by atoms with Crippen molar-refractivity contribution >= 4 is 0 Å². The highest BCUT2D eigenvalue weighted by molar-refractivity contribution is 5.58. The van der Waals surface area contributed by atoms with Gasteiger partial charge in [0.1, 0.15) is 0 Å². The highest BCUT2D eigenvalue weighted by atomic mass is 19.4. The van der Waals surface area contributed by atoms with Crippen LogP contribution in [0, 0.1) is 0 Å². The maximum absolute atomic E-state index is 12.9. The van der Waals surface area contributed by atoms with E-state index in [9.17, 15) is 23.4 Å². The highest BCUT2D eigenvalue weighted by Crippen LogP contribution is 2.52. The Hall–Kier alpha value is -2.15. The van der Waals surface area contributed by atoms with Gasteiger partial charge in [0, 0.05) is 29.6 Å². The first-order valence-corrected chi connectivity index (χ1v) is 7.45. The molecule has 1 saturated heterocycles. The normalized spacial score (nSPS) is 23.1. The van der Waals surface area contributed by atoms with Gasteiger partial charge in [0.25, 0.3) is 0 Å². The van der Waals surface area contributed by atoms with Crippen molar-refractivity contribution in [3.05, 3.63) is 41.0 Å². The molecule has 3 heterocycles. The van der Waals surface area contributed by atoms with Crippen LogP contribution in [0.3, 0.4) is 0 Å². The largest absolute Gasteiger partial charge is 0.494 e. The van der Waals surface area contributed by atoms with Crippen molar-refractivity contribution in [2.45, 2.75) is 31.0 Å². The minimum atomic E-state index is -4.48. The van der Waals surface area contributed by atoms with E-state index in [-0.39, 0.29) is 29.4 Å². The molecule has 2 atom stereocenters. The topological polar surface area (TPSA) is 57.4 Å². The second kappa shape index (κ2) is 4.67. The fraction of sp³-hybridized carbons (Fsp3) is 0.375. The lowest BCUT2D eigenvalue weighted by Gasteiger charge is -2.36. The quantitative estimate of drug-likeness (QED) is 0.753. The lowest BCUT2D eigenvalue weighted by molar-refractivity contribution is -0.137. The van der Waals surface area contributed by atoms with Gasteiger partial charge in [0.05, 0.1) is 11.3 Å². The summed E-state index contributed by atoms with van der Waals surface area (Å²) in [5.41, 5.74) is 0.558. The molecule has 0 saturated carbocycles. The summed E-state index contributed by atoms with van der Waals surface area (Å²) < 4.78 is 39.8. The van der Waals surface area contributed by atoms with Crippen LogP contribution in [-0.4, -0.2) is 21.3 Å². The summed E-state index contributed by atoms with van der Waals surface area (Å²) in [5.74, 6) is -0.264. The van der Waals surface area contributed by atoms with Crippen molar-refractivity contribution in [1.82, 2.24) is 9.88 Å². The molecule has 23 heavy (non-hydrogen) atoms. The van der Waals surface area contributed by atoms with E-state index in [1.165, 1.54) is 12.1 Å². The van der Waals surface area contributed by atoms with E-state index in [2.05, 4.69) is 5.32 Å². The lowest BCUT2D eigenvalue weighted by atomic mass is 9.78. The maximum atomic E-state index is 12.9. The van der Waals surface area contributed by atoms with Gasteiger partial charge < -0.3 is 15.5 Å². The monoisotopic (exact) mass is 324 g/mol. The number of alkyl halides is 3. The Morgan fingerprint density at radius 1 is 1.09 bits per heavy atom. The molecule has 2 unspecified atom stereocenters. The Morgan fingerprint density at radius 2 is 1.83 bits per heavy atom. The van der Waals surface area contributed by atoms with Crippen LogP contribution in [0.4, 0.5) is 13.2 Å². The van der Waals surface area contributed by atoms with Crippen molar-refractivity contribution in [2.75, 3.05) is 6.54 Å². The van der Waals surface area contributed by atoms with Crippen LogP contribution in [0.5, 0.6) is 11.8 Å². The molecule has 5 rings (SSSR count). The van der Waals surface area contributed by atoms with E-state index in [1.54, 1.807) is 0 Å². The number of nitrogens with one attached hydrogen (secondary N) is 1. The van der Waals surface area contributed by atoms with Gasteiger partial charge in [-0.25, -0.2) is 0 Å². The second-order valence-electron chi connectivity index (χ2n) is 6.09. The Morgan fingerprint density at radius 3 is 2.43 bits per heavy atom. The van der Waals surface area contributed by atoms with Gasteiger partial charge in [-0.3, -0.25) is 4.57 Å². The van der Waals surface area contributed by atoms with E-state index in [1.807, 2.05) is 0 Å². The molecule has 2 bridgehead atoms. The van der Waals surface area contributed by atoms with E-state index in [4.69, 9.17) is 0 Å². The minimum Gasteiger partial charge on any atom is -0.494 e. The van der Waals surface area contributed by atoms with Gasteiger partial charge in [-0.05, 0) is 31.0 Å². The summed E-state index contributed by atoms with van der Waals surface area (Å²) in [5, 5.41) is 24.3. The average molecular weight is 324 g/mol. The number of benzene rings is 1. The molecule has 122 valence electrons. The summed E-state index contributed by atoms with van der Waals surface area (Å²) in [7, 11) is 0. The van der Waals surface area contributed by atoms with Gasteiger partial charge in [-0.15, -0.1) is 0 Å². The zero-order valence-corrected chi connectivity index (χ0v) is 12.1. The molecule has 0 radical (unpaired) electrons. The Kier molecular flexibility index (Phi) is 2.93. The number of halogens is 3. The SMILES string of the molecule is Oc1c2c(c(O)n1-c1cccc(C(F)(F)F)c1)C1CCC2CN1. The molecule has 7 heteroatoms. The predicted molar refractivity (Wildman–Crippen MR) is 76.8 cm³/mol. The van der Waals surface area contributed by atoms with E-state index < -0.39 is 11.7 Å². The number of fused-ring (bicyclic) bond motifs is 2. The van der Waals surface area contributed by atoms with Crippen molar-refractivity contribution < 1.29 is 23.4 Å². The second-order valence-corrected chi connectivity index (χ2v) is 6.09. The molecule has 3 aliphatic rings. The van der Waals surface area contributed by atoms with Crippen molar-refractivity contribution in [2.24, 2.45) is 0 Å². The van der Waals surface area contributed by atoms with Crippen LogP contribution in [0.2, 0.25) is 0 Å². The van der Waals surface area contributed by atoms with E-state index in [0.29, 0.717) is 17.7 Å². The summed E-state index contributed by atoms with van der Waals surface area (Å²) in [6.45, 7) is 0.706. The third-order valence-electron chi connectivity index (χ3n) is 4.80. The van der Waals surface area contributed by atoms with Gasteiger partial charge in [0.2, 0.25) is 11.8 Å². The zero-order valence-electron chi connectivity index (χ0n) is 12.1.